The van der Waals surface area contributed by atoms with Gasteiger partial charge in [-0.05, 0) is 25.3 Å². The monoisotopic (exact) mass is 260 g/mol. The first-order valence-electron chi connectivity index (χ1n) is 7.13. The molecule has 102 valence electrons. The number of hydrogen-bond donors (Lipinski definition) is 1. The second-order valence-corrected chi connectivity index (χ2v) is 5.40. The van der Waals surface area contributed by atoms with E-state index in [1.807, 2.05) is 24.1 Å². The third kappa shape index (κ3) is 2.85. The van der Waals surface area contributed by atoms with Gasteiger partial charge in [0.25, 0.3) is 0 Å². The maximum Gasteiger partial charge on any atom is 0.222 e. The molecule has 2 heterocycles. The van der Waals surface area contributed by atoms with E-state index < -0.39 is 0 Å². The minimum absolute atomic E-state index is 0.241. The van der Waals surface area contributed by atoms with Crippen molar-refractivity contribution in [2.75, 3.05) is 18.4 Å². The van der Waals surface area contributed by atoms with E-state index in [9.17, 15) is 4.79 Å². The number of carbonyl (C=O) groups is 1. The van der Waals surface area contributed by atoms with Gasteiger partial charge in [-0.15, -0.1) is 0 Å². The number of likely N-dealkylation sites (tertiary alicyclic amines) is 1. The number of nitrogens with one attached hydrogen (secondary N) is 1. The molecule has 1 aromatic rings. The first-order chi connectivity index (χ1) is 9.26. The second kappa shape index (κ2) is 5.15. The lowest BCUT2D eigenvalue weighted by atomic mass is 10.2. The largest absolute Gasteiger partial charge is 0.365 e. The van der Waals surface area contributed by atoms with Crippen molar-refractivity contribution in [3.63, 3.8) is 0 Å². The average molecular weight is 260 g/mol. The molecule has 2 aliphatic rings. The third-order valence-corrected chi connectivity index (χ3v) is 3.81. The Hall–Kier alpha value is -1.65. The Morgan fingerprint density at radius 2 is 2.32 bits per heavy atom. The maximum absolute atomic E-state index is 11.6. The molecule has 1 atom stereocenters. The fourth-order valence-corrected chi connectivity index (χ4v) is 2.53. The minimum atomic E-state index is 0.241. The Morgan fingerprint density at radius 3 is 3.05 bits per heavy atom. The van der Waals surface area contributed by atoms with Crippen LogP contribution in [0.3, 0.4) is 0 Å². The van der Waals surface area contributed by atoms with E-state index in [0.29, 0.717) is 18.4 Å². The molecular formula is C14H20N4O. The first-order valence-corrected chi connectivity index (χ1v) is 7.13. The molecule has 1 saturated heterocycles. The molecule has 1 aromatic heterocycles. The molecule has 5 heteroatoms. The van der Waals surface area contributed by atoms with E-state index in [4.69, 9.17) is 0 Å². The van der Waals surface area contributed by atoms with Crippen molar-refractivity contribution in [1.29, 1.82) is 0 Å². The summed E-state index contributed by atoms with van der Waals surface area (Å²) < 4.78 is 0. The lowest BCUT2D eigenvalue weighted by Gasteiger charge is -2.16. The van der Waals surface area contributed by atoms with Crippen LogP contribution in [-0.2, 0) is 4.79 Å². The topological polar surface area (TPSA) is 58.1 Å². The van der Waals surface area contributed by atoms with Crippen molar-refractivity contribution in [3.8, 4) is 0 Å². The van der Waals surface area contributed by atoms with Crippen molar-refractivity contribution in [1.82, 2.24) is 14.9 Å². The standard InChI is InChI=1S/C14H20N4O/c1-2-13(19)18-8-6-11(9-18)16-12-5-7-15-14(17-12)10-3-4-10/h5,7,10-11H,2-4,6,8-9H2,1H3,(H,15,16,17). The normalized spacial score (nSPS) is 22.6. The van der Waals surface area contributed by atoms with Gasteiger partial charge in [0.1, 0.15) is 11.6 Å². The van der Waals surface area contributed by atoms with E-state index in [0.717, 1.165) is 31.2 Å². The molecule has 5 nitrogen and oxygen atoms in total. The van der Waals surface area contributed by atoms with Crippen LogP contribution >= 0.6 is 0 Å². The number of anilines is 1. The van der Waals surface area contributed by atoms with Crippen LogP contribution in [0.5, 0.6) is 0 Å². The summed E-state index contributed by atoms with van der Waals surface area (Å²) in [7, 11) is 0. The summed E-state index contributed by atoms with van der Waals surface area (Å²) in [6.07, 6.45) is 5.84. The predicted molar refractivity (Wildman–Crippen MR) is 72.9 cm³/mol. The van der Waals surface area contributed by atoms with Crippen LogP contribution in [0, 0.1) is 0 Å². The smallest absolute Gasteiger partial charge is 0.222 e. The highest BCUT2D eigenvalue weighted by Crippen LogP contribution is 2.38. The van der Waals surface area contributed by atoms with Crippen LogP contribution in [0.25, 0.3) is 0 Å². The van der Waals surface area contributed by atoms with Crippen LogP contribution in [0.2, 0.25) is 0 Å². The number of nitrogens with zero attached hydrogens (tertiary/aromatic N) is 3. The molecule has 1 N–H and O–H groups in total. The summed E-state index contributed by atoms with van der Waals surface area (Å²) in [5, 5.41) is 3.43. The molecule has 1 unspecified atom stereocenters. The molecule has 3 rings (SSSR count). The van der Waals surface area contributed by atoms with Gasteiger partial charge in [-0.1, -0.05) is 6.92 Å². The minimum Gasteiger partial charge on any atom is -0.365 e. The summed E-state index contributed by atoms with van der Waals surface area (Å²) in [5.74, 6) is 2.67. The molecule has 1 saturated carbocycles. The van der Waals surface area contributed by atoms with E-state index in [2.05, 4.69) is 15.3 Å². The highest BCUT2D eigenvalue weighted by Gasteiger charge is 2.28. The zero-order valence-electron chi connectivity index (χ0n) is 11.3. The lowest BCUT2D eigenvalue weighted by molar-refractivity contribution is -0.129. The van der Waals surface area contributed by atoms with Crippen molar-refractivity contribution < 1.29 is 4.79 Å². The molecule has 1 aliphatic carbocycles. The summed E-state index contributed by atoms with van der Waals surface area (Å²) >= 11 is 0. The third-order valence-electron chi connectivity index (χ3n) is 3.81. The highest BCUT2D eigenvalue weighted by atomic mass is 16.2. The number of rotatable bonds is 4. The van der Waals surface area contributed by atoms with E-state index >= 15 is 0 Å². The van der Waals surface area contributed by atoms with Crippen molar-refractivity contribution in [2.45, 2.75) is 44.6 Å². The number of amides is 1. The molecule has 0 bridgehead atoms. The summed E-state index contributed by atoms with van der Waals surface area (Å²) in [6, 6.07) is 2.23. The molecule has 1 amide bonds. The predicted octanol–water partition coefficient (Wildman–Crippen LogP) is 1.78. The summed E-state index contributed by atoms with van der Waals surface area (Å²) in [6.45, 7) is 3.55. The van der Waals surface area contributed by atoms with Crippen LogP contribution in [-0.4, -0.2) is 39.9 Å². The van der Waals surface area contributed by atoms with Crippen molar-refractivity contribution in [3.05, 3.63) is 18.1 Å². The van der Waals surface area contributed by atoms with Crippen LogP contribution in [0.1, 0.15) is 44.3 Å². The molecule has 2 fully saturated rings. The van der Waals surface area contributed by atoms with Crippen LogP contribution in [0.4, 0.5) is 5.82 Å². The molecular weight excluding hydrogens is 240 g/mol. The Kier molecular flexibility index (Phi) is 3.36. The van der Waals surface area contributed by atoms with E-state index in [-0.39, 0.29) is 5.91 Å². The van der Waals surface area contributed by atoms with E-state index in [1.165, 1.54) is 12.8 Å². The lowest BCUT2D eigenvalue weighted by Crippen LogP contribution is -2.31. The van der Waals surface area contributed by atoms with Gasteiger partial charge in [-0.2, -0.15) is 0 Å². The molecule has 0 radical (unpaired) electrons. The molecule has 19 heavy (non-hydrogen) atoms. The van der Waals surface area contributed by atoms with Crippen LogP contribution < -0.4 is 5.32 Å². The average Bonchev–Trinajstić information content (AvgIpc) is 3.19. The van der Waals surface area contributed by atoms with Gasteiger partial charge in [0.2, 0.25) is 5.91 Å². The molecule has 1 aliphatic heterocycles. The summed E-state index contributed by atoms with van der Waals surface area (Å²) in [4.78, 5) is 22.4. The number of hydrogen-bond acceptors (Lipinski definition) is 4. The van der Waals surface area contributed by atoms with Gasteiger partial charge in [0.05, 0.1) is 0 Å². The van der Waals surface area contributed by atoms with Crippen LogP contribution in [0.15, 0.2) is 12.3 Å². The second-order valence-electron chi connectivity index (χ2n) is 5.40. The van der Waals surface area contributed by atoms with Gasteiger partial charge in [-0.25, -0.2) is 9.97 Å². The van der Waals surface area contributed by atoms with Crippen molar-refractivity contribution in [2.24, 2.45) is 0 Å². The quantitative estimate of drug-likeness (QED) is 0.896. The molecule has 0 spiro atoms. The Balaban J connectivity index is 1.59. The highest BCUT2D eigenvalue weighted by molar-refractivity contribution is 5.76. The zero-order valence-corrected chi connectivity index (χ0v) is 11.3. The van der Waals surface area contributed by atoms with Gasteiger partial charge in [0.15, 0.2) is 0 Å². The summed E-state index contributed by atoms with van der Waals surface area (Å²) in [5.41, 5.74) is 0. The van der Waals surface area contributed by atoms with Crippen molar-refractivity contribution >= 4 is 11.7 Å². The van der Waals surface area contributed by atoms with Gasteiger partial charge < -0.3 is 10.2 Å². The Labute approximate surface area is 113 Å². The fourth-order valence-electron chi connectivity index (χ4n) is 2.53. The maximum atomic E-state index is 11.6. The molecule has 0 aromatic carbocycles. The van der Waals surface area contributed by atoms with Gasteiger partial charge in [0, 0.05) is 37.7 Å². The van der Waals surface area contributed by atoms with E-state index in [1.54, 1.807) is 0 Å². The Morgan fingerprint density at radius 1 is 1.47 bits per heavy atom. The number of carbonyl (C=O) groups excluding carboxylic acids is 1. The zero-order chi connectivity index (χ0) is 13.2. The van der Waals surface area contributed by atoms with Gasteiger partial charge in [-0.3, -0.25) is 4.79 Å². The SMILES string of the molecule is CCC(=O)N1CCC(Nc2ccnc(C3CC3)n2)C1. The Bertz CT molecular complexity index is 472. The number of aromatic nitrogens is 2. The first kappa shape index (κ1) is 12.4. The van der Waals surface area contributed by atoms with Gasteiger partial charge >= 0.3 is 0 Å². The fraction of sp³-hybridized carbons (Fsp3) is 0.643.